The summed E-state index contributed by atoms with van der Waals surface area (Å²) >= 11 is 0. The second kappa shape index (κ2) is 20.4. The van der Waals surface area contributed by atoms with Crippen LogP contribution >= 0.6 is 0 Å². The Bertz CT molecular complexity index is 2440. The number of rotatable bonds is 20. The largest absolute Gasteiger partial charge is 0.354 e. The van der Waals surface area contributed by atoms with Crippen LogP contribution in [0.5, 0.6) is 0 Å². The first-order valence-electron chi connectivity index (χ1n) is 23.5. The van der Waals surface area contributed by atoms with E-state index in [-0.39, 0.29) is 67.8 Å². The topological polar surface area (TPSA) is 133 Å². The highest BCUT2D eigenvalue weighted by molar-refractivity contribution is 7.89. The molecule has 12 heteroatoms. The molecule has 4 aromatic rings. The maximum Gasteiger partial charge on any atom is 0.244 e. The van der Waals surface area contributed by atoms with Crippen molar-refractivity contribution in [2.45, 2.75) is 182 Å². The van der Waals surface area contributed by atoms with Gasteiger partial charge in [0, 0.05) is 46.7 Å². The zero-order valence-electron chi connectivity index (χ0n) is 40.7. The number of sulfonamides is 2. The molecule has 4 atom stereocenters. The van der Waals surface area contributed by atoms with Gasteiger partial charge in [0.25, 0.3) is 0 Å². The lowest BCUT2D eigenvalue weighted by Crippen LogP contribution is -2.44. The Kier molecular flexibility index (Phi) is 16.2. The molecule has 0 heterocycles. The first-order valence-corrected chi connectivity index (χ1v) is 26.4. The summed E-state index contributed by atoms with van der Waals surface area (Å²) in [6.07, 6.45) is 4.56. The Hall–Kier alpha value is -4.36. The van der Waals surface area contributed by atoms with Crippen LogP contribution in [0, 0.1) is 13.8 Å². The fourth-order valence-corrected chi connectivity index (χ4v) is 14.6. The number of hydrogen-bond donors (Lipinski definition) is 2. The number of aryl methyl sites for hydroxylation is 4. The summed E-state index contributed by atoms with van der Waals surface area (Å²) < 4.78 is 63.0. The highest BCUT2D eigenvalue weighted by Gasteiger charge is 2.39. The third kappa shape index (κ3) is 8.96. The minimum absolute atomic E-state index is 0.166. The Labute approximate surface area is 384 Å². The predicted molar refractivity (Wildman–Crippen MR) is 263 cm³/mol. The van der Waals surface area contributed by atoms with E-state index in [1.165, 1.54) is 0 Å². The number of anilines is 4. The third-order valence-electron chi connectivity index (χ3n) is 13.5. The molecule has 4 aromatic carbocycles. The second-order valence-electron chi connectivity index (χ2n) is 17.5. The van der Waals surface area contributed by atoms with Crippen molar-refractivity contribution >= 4 is 54.4 Å². The zero-order chi connectivity index (χ0) is 47.6. The quantitative estimate of drug-likeness (QED) is 0.0789. The number of carbonyl (C=O) groups is 2. The Morgan fingerprint density at radius 3 is 1.08 bits per heavy atom. The summed E-state index contributed by atoms with van der Waals surface area (Å²) in [7, 11) is -7.98. The van der Waals surface area contributed by atoms with Crippen molar-refractivity contribution in [3.05, 3.63) is 104 Å². The van der Waals surface area contributed by atoms with Crippen molar-refractivity contribution in [2.24, 2.45) is 0 Å². The Morgan fingerprint density at radius 2 is 0.812 bits per heavy atom. The van der Waals surface area contributed by atoms with Crippen LogP contribution < -0.4 is 10.6 Å². The molecular formula is C52H72N4O6S2. The van der Waals surface area contributed by atoms with E-state index in [1.807, 2.05) is 109 Å². The zero-order valence-corrected chi connectivity index (χ0v) is 42.4. The van der Waals surface area contributed by atoms with Gasteiger partial charge in [-0.15, -0.1) is 0 Å². The third-order valence-corrected chi connectivity index (χ3v) is 18.2. The molecule has 0 aliphatic heterocycles. The molecule has 5 rings (SSSR count). The van der Waals surface area contributed by atoms with E-state index in [0.29, 0.717) is 96.4 Å². The molecule has 4 unspecified atom stereocenters. The van der Waals surface area contributed by atoms with Gasteiger partial charge in [-0.25, -0.2) is 16.8 Å². The van der Waals surface area contributed by atoms with Crippen molar-refractivity contribution in [2.75, 3.05) is 10.6 Å². The maximum absolute atomic E-state index is 14.9. The molecule has 0 saturated heterocycles. The molecule has 1 aliphatic carbocycles. The lowest BCUT2D eigenvalue weighted by atomic mass is 9.82. The van der Waals surface area contributed by atoms with Crippen LogP contribution in [0.25, 0.3) is 0 Å². The molecule has 0 amide bonds. The molecule has 1 aliphatic rings. The van der Waals surface area contributed by atoms with Crippen LogP contribution in [-0.4, -0.2) is 61.2 Å². The SMILES string of the molecule is CCc1cc(C)c(S(=O)(=O)N(C(C)CC)C(C)CC)c(CC)c1Nc1ccc(Nc2c(CC)cc(C)c(S(=O)(=O)N(C(C)CC)C(C)CC)c2CC)c2c1C(=O)c1ccccc1C2=O. The molecule has 0 saturated carbocycles. The van der Waals surface area contributed by atoms with Crippen LogP contribution in [0.3, 0.4) is 0 Å². The number of nitrogens with one attached hydrogen (secondary N) is 2. The summed E-state index contributed by atoms with van der Waals surface area (Å²) in [4.78, 5) is 30.3. The molecule has 0 radical (unpaired) electrons. The van der Waals surface area contributed by atoms with Gasteiger partial charge in [-0.3, -0.25) is 9.59 Å². The molecule has 0 aromatic heterocycles. The fourth-order valence-electron chi connectivity index (χ4n) is 9.60. The summed E-state index contributed by atoms with van der Waals surface area (Å²) in [6.45, 7) is 27.4. The number of carbonyl (C=O) groups excluding carboxylic acids is 2. The van der Waals surface area contributed by atoms with Gasteiger partial charge >= 0.3 is 0 Å². The van der Waals surface area contributed by atoms with E-state index < -0.39 is 20.0 Å². The van der Waals surface area contributed by atoms with Crippen molar-refractivity contribution in [3.63, 3.8) is 0 Å². The van der Waals surface area contributed by atoms with E-state index >= 15 is 0 Å². The average Bonchev–Trinajstić information content (AvgIpc) is 3.27. The van der Waals surface area contributed by atoms with Crippen LogP contribution in [0.4, 0.5) is 22.7 Å². The predicted octanol–water partition coefficient (Wildman–Crippen LogP) is 12.0. The van der Waals surface area contributed by atoms with E-state index in [9.17, 15) is 26.4 Å². The first-order chi connectivity index (χ1) is 30.3. The van der Waals surface area contributed by atoms with Crippen molar-refractivity contribution in [3.8, 4) is 0 Å². The molecule has 0 fully saturated rings. The fraction of sp³-hybridized carbons (Fsp3) is 0.500. The molecule has 2 N–H and O–H groups in total. The van der Waals surface area contributed by atoms with Crippen molar-refractivity contribution in [1.82, 2.24) is 8.61 Å². The molecule has 10 nitrogen and oxygen atoms in total. The lowest BCUT2D eigenvalue weighted by Gasteiger charge is -2.35. The van der Waals surface area contributed by atoms with Gasteiger partial charge in [0.15, 0.2) is 11.6 Å². The molecule has 0 spiro atoms. The normalized spacial score (nSPS) is 14.9. The number of benzene rings is 4. The summed E-state index contributed by atoms with van der Waals surface area (Å²) in [6, 6.07) is 13.3. The van der Waals surface area contributed by atoms with E-state index in [2.05, 4.69) is 10.6 Å². The standard InChI is InChI=1S/C52H72N4O6S2/c1-15-33(11)55(34(12)16-2)63(59,60)51-31(9)29-37(19-5)47(39(51)21-7)53-43-27-28-44(46-45(43)49(57)41-25-23-24-26-42(41)50(46)58)54-48-38(20-6)30-32(10)52(40(48)22-8)64(61,62)56(35(13)17-3)36(14)18-4/h23-30,33-36,53-54H,15-22H2,1-14H3. The number of hydrogen-bond acceptors (Lipinski definition) is 8. The second-order valence-corrected chi connectivity index (χ2v) is 21.1. The van der Waals surface area contributed by atoms with Gasteiger partial charge in [-0.1, -0.05) is 91.8 Å². The van der Waals surface area contributed by atoms with Gasteiger partial charge < -0.3 is 10.6 Å². The lowest BCUT2D eigenvalue weighted by molar-refractivity contribution is 0.0980. The van der Waals surface area contributed by atoms with Crippen LogP contribution in [0.15, 0.2) is 58.3 Å². The van der Waals surface area contributed by atoms with Gasteiger partial charge in [0.1, 0.15) is 0 Å². The highest BCUT2D eigenvalue weighted by atomic mass is 32.2. The summed E-state index contributed by atoms with van der Waals surface area (Å²) in [5, 5.41) is 7.13. The Balaban J connectivity index is 1.81. The average molecular weight is 913 g/mol. The van der Waals surface area contributed by atoms with Gasteiger partial charge in [0.2, 0.25) is 20.0 Å². The monoisotopic (exact) mass is 912 g/mol. The van der Waals surface area contributed by atoms with Gasteiger partial charge in [-0.2, -0.15) is 8.61 Å². The molecule has 0 bridgehead atoms. The summed E-state index contributed by atoms with van der Waals surface area (Å²) in [5.74, 6) is -0.688. The van der Waals surface area contributed by atoms with Gasteiger partial charge in [0.05, 0.1) is 32.3 Å². The molecular weight excluding hydrogens is 841 g/mol. The molecule has 64 heavy (non-hydrogen) atoms. The first kappa shape index (κ1) is 50.6. The van der Waals surface area contributed by atoms with Gasteiger partial charge in [-0.05, 0) is 138 Å². The van der Waals surface area contributed by atoms with E-state index in [0.717, 1.165) is 11.1 Å². The smallest absolute Gasteiger partial charge is 0.244 e. The van der Waals surface area contributed by atoms with E-state index in [1.54, 1.807) is 45.0 Å². The maximum atomic E-state index is 14.9. The number of fused-ring (bicyclic) bond motifs is 2. The van der Waals surface area contributed by atoms with E-state index in [4.69, 9.17) is 0 Å². The molecule has 348 valence electrons. The Morgan fingerprint density at radius 1 is 0.500 bits per heavy atom. The van der Waals surface area contributed by atoms with Crippen LogP contribution in [0.2, 0.25) is 0 Å². The van der Waals surface area contributed by atoms with Crippen LogP contribution in [0.1, 0.15) is 174 Å². The summed E-state index contributed by atoms with van der Waals surface area (Å²) in [5.41, 5.74) is 7.18. The number of nitrogens with zero attached hydrogens (tertiary/aromatic N) is 2. The highest BCUT2D eigenvalue weighted by Crippen LogP contribution is 2.44. The number of ketones is 2. The van der Waals surface area contributed by atoms with Crippen molar-refractivity contribution < 1.29 is 26.4 Å². The minimum atomic E-state index is -3.99. The minimum Gasteiger partial charge on any atom is -0.354 e. The van der Waals surface area contributed by atoms with Crippen LogP contribution in [-0.2, 0) is 45.7 Å². The van der Waals surface area contributed by atoms with Crippen molar-refractivity contribution in [1.29, 1.82) is 0 Å².